The van der Waals surface area contributed by atoms with Gasteiger partial charge in [0.2, 0.25) is 0 Å². The van der Waals surface area contributed by atoms with Crippen molar-refractivity contribution in [2.24, 2.45) is 34.5 Å². The summed E-state index contributed by atoms with van der Waals surface area (Å²) in [5.74, 6) is 4.28. The SMILES string of the molecule is C[C@]12CC[C@H]3[C@@H](CCC4CCCC[C@@]43C)[C@@H]1CC(N1CCCCC1)C2. The summed E-state index contributed by atoms with van der Waals surface area (Å²) in [5.41, 5.74) is 1.40. The first-order chi connectivity index (χ1) is 12.1. The van der Waals surface area contributed by atoms with E-state index >= 15 is 0 Å². The molecule has 0 spiro atoms. The predicted molar refractivity (Wildman–Crippen MR) is 106 cm³/mol. The number of rotatable bonds is 1. The molecule has 5 fully saturated rings. The molecule has 1 heteroatoms. The van der Waals surface area contributed by atoms with E-state index in [1.54, 1.807) is 44.9 Å². The molecule has 1 saturated heterocycles. The second-order valence-corrected chi connectivity index (χ2v) is 11.3. The zero-order valence-corrected chi connectivity index (χ0v) is 16.9. The minimum atomic E-state index is 0.682. The Bertz CT molecular complexity index is 494. The Kier molecular flexibility index (Phi) is 4.27. The molecule has 0 bridgehead atoms. The van der Waals surface area contributed by atoms with Crippen LogP contribution < -0.4 is 0 Å². The van der Waals surface area contributed by atoms with Crippen LogP contribution in [0.25, 0.3) is 0 Å². The lowest BCUT2D eigenvalue weighted by molar-refractivity contribution is -0.103. The monoisotopic (exact) mass is 343 g/mol. The van der Waals surface area contributed by atoms with E-state index in [0.29, 0.717) is 10.8 Å². The van der Waals surface area contributed by atoms with Crippen molar-refractivity contribution in [1.29, 1.82) is 0 Å². The maximum absolute atomic E-state index is 2.91. The third kappa shape index (κ3) is 2.66. The Morgan fingerprint density at radius 2 is 1.60 bits per heavy atom. The molecule has 0 N–H and O–H groups in total. The smallest absolute Gasteiger partial charge is 0.0103 e. The molecule has 1 heterocycles. The van der Waals surface area contributed by atoms with Gasteiger partial charge >= 0.3 is 0 Å². The van der Waals surface area contributed by atoms with Crippen LogP contribution in [0.1, 0.15) is 97.3 Å². The van der Waals surface area contributed by atoms with Gasteiger partial charge in [0.25, 0.3) is 0 Å². The van der Waals surface area contributed by atoms with E-state index in [9.17, 15) is 0 Å². The third-order valence-corrected chi connectivity index (χ3v) is 10.2. The van der Waals surface area contributed by atoms with Gasteiger partial charge in [-0.1, -0.05) is 33.1 Å². The van der Waals surface area contributed by atoms with Gasteiger partial charge < -0.3 is 4.90 Å². The number of hydrogen-bond acceptors (Lipinski definition) is 1. The highest BCUT2D eigenvalue weighted by Gasteiger charge is 2.59. The highest BCUT2D eigenvalue weighted by atomic mass is 15.2. The molecular weight excluding hydrogens is 302 g/mol. The second kappa shape index (κ2) is 6.25. The highest BCUT2D eigenvalue weighted by Crippen LogP contribution is 2.66. The van der Waals surface area contributed by atoms with Gasteiger partial charge in [-0.05, 0) is 112 Å². The van der Waals surface area contributed by atoms with Gasteiger partial charge in [0.05, 0.1) is 0 Å². The molecule has 0 amide bonds. The molecule has 0 aromatic heterocycles. The van der Waals surface area contributed by atoms with Crippen LogP contribution in [0, 0.1) is 34.5 Å². The lowest BCUT2D eigenvalue weighted by atomic mass is 9.45. The van der Waals surface area contributed by atoms with Gasteiger partial charge in [-0.15, -0.1) is 0 Å². The zero-order valence-electron chi connectivity index (χ0n) is 16.9. The average Bonchev–Trinajstić information content (AvgIpc) is 3.00. The number of hydrogen-bond donors (Lipinski definition) is 0. The Labute approximate surface area is 156 Å². The first kappa shape index (κ1) is 17.1. The molecule has 4 aliphatic carbocycles. The standard InChI is InChI=1S/C24H41N/c1-23-13-11-21-20(10-9-18-8-4-5-12-24(18,21)2)22(23)16-19(17-23)25-14-6-3-7-15-25/h18-22H,3-17H2,1-2H3/t18?,19?,20-,21+,22+,23-,24+/m1/s1. The van der Waals surface area contributed by atoms with Gasteiger partial charge in [-0.25, -0.2) is 0 Å². The van der Waals surface area contributed by atoms with Crippen molar-refractivity contribution in [3.05, 3.63) is 0 Å². The minimum absolute atomic E-state index is 0.682. The first-order valence-electron chi connectivity index (χ1n) is 11.8. The van der Waals surface area contributed by atoms with E-state index in [4.69, 9.17) is 0 Å². The molecular formula is C24H41N. The summed E-state index contributed by atoms with van der Waals surface area (Å²) >= 11 is 0. The molecule has 1 nitrogen and oxygen atoms in total. The Hall–Kier alpha value is -0.0400. The Morgan fingerprint density at radius 3 is 2.44 bits per heavy atom. The number of piperidine rings is 1. The summed E-state index contributed by atoms with van der Waals surface area (Å²) < 4.78 is 0. The van der Waals surface area contributed by atoms with Gasteiger partial charge in [0.15, 0.2) is 0 Å². The van der Waals surface area contributed by atoms with Crippen LogP contribution in [0.3, 0.4) is 0 Å². The quantitative estimate of drug-likeness (QED) is 0.542. The molecule has 25 heavy (non-hydrogen) atoms. The van der Waals surface area contributed by atoms with Crippen LogP contribution in [0.5, 0.6) is 0 Å². The molecule has 4 saturated carbocycles. The summed E-state index contributed by atoms with van der Waals surface area (Å²) in [6, 6.07) is 0.936. The van der Waals surface area contributed by atoms with E-state index in [-0.39, 0.29) is 0 Å². The van der Waals surface area contributed by atoms with E-state index in [2.05, 4.69) is 18.7 Å². The van der Waals surface area contributed by atoms with Crippen molar-refractivity contribution < 1.29 is 0 Å². The van der Waals surface area contributed by atoms with Crippen LogP contribution >= 0.6 is 0 Å². The van der Waals surface area contributed by atoms with Gasteiger partial charge in [0.1, 0.15) is 0 Å². The molecule has 142 valence electrons. The minimum Gasteiger partial charge on any atom is -0.300 e. The summed E-state index contributed by atoms with van der Waals surface area (Å²) in [5, 5.41) is 0. The maximum Gasteiger partial charge on any atom is 0.0103 e. The zero-order chi connectivity index (χ0) is 17.1. The topological polar surface area (TPSA) is 3.24 Å². The summed E-state index contributed by atoms with van der Waals surface area (Å²) in [7, 11) is 0. The van der Waals surface area contributed by atoms with Crippen molar-refractivity contribution in [2.45, 2.75) is 103 Å². The van der Waals surface area contributed by atoms with Crippen LogP contribution in [0.4, 0.5) is 0 Å². The van der Waals surface area contributed by atoms with Crippen LogP contribution in [0.15, 0.2) is 0 Å². The van der Waals surface area contributed by atoms with E-state index in [0.717, 1.165) is 29.7 Å². The van der Waals surface area contributed by atoms with Crippen molar-refractivity contribution in [2.75, 3.05) is 13.1 Å². The van der Waals surface area contributed by atoms with Gasteiger partial charge in [-0.2, -0.15) is 0 Å². The van der Waals surface area contributed by atoms with Crippen molar-refractivity contribution in [3.8, 4) is 0 Å². The fourth-order valence-electron chi connectivity index (χ4n) is 8.88. The second-order valence-electron chi connectivity index (χ2n) is 11.3. The maximum atomic E-state index is 2.91. The van der Waals surface area contributed by atoms with E-state index in [1.165, 1.54) is 51.6 Å². The summed E-state index contributed by atoms with van der Waals surface area (Å²) in [4.78, 5) is 2.91. The van der Waals surface area contributed by atoms with Crippen LogP contribution in [-0.4, -0.2) is 24.0 Å². The van der Waals surface area contributed by atoms with E-state index in [1.807, 2.05) is 0 Å². The third-order valence-electron chi connectivity index (χ3n) is 10.2. The number of likely N-dealkylation sites (tertiary alicyclic amines) is 1. The normalized spacial score (nSPS) is 53.8. The summed E-state index contributed by atoms with van der Waals surface area (Å²) in [6.07, 6.45) is 19.9. The van der Waals surface area contributed by atoms with Gasteiger partial charge in [0, 0.05) is 6.04 Å². The molecule has 0 aromatic rings. The first-order valence-corrected chi connectivity index (χ1v) is 11.8. The van der Waals surface area contributed by atoms with Crippen LogP contribution in [-0.2, 0) is 0 Å². The fourth-order valence-corrected chi connectivity index (χ4v) is 8.88. The molecule has 7 atom stereocenters. The fraction of sp³-hybridized carbons (Fsp3) is 1.00. The van der Waals surface area contributed by atoms with Crippen molar-refractivity contribution in [1.82, 2.24) is 4.90 Å². The molecule has 2 unspecified atom stereocenters. The molecule has 0 radical (unpaired) electrons. The predicted octanol–water partition coefficient (Wildman–Crippen LogP) is 6.27. The lowest BCUT2D eigenvalue weighted by Gasteiger charge is -2.60. The molecule has 0 aromatic carbocycles. The largest absolute Gasteiger partial charge is 0.300 e. The Morgan fingerprint density at radius 1 is 0.760 bits per heavy atom. The van der Waals surface area contributed by atoms with Crippen molar-refractivity contribution in [3.63, 3.8) is 0 Å². The highest BCUT2D eigenvalue weighted by molar-refractivity contribution is 5.09. The number of nitrogens with zero attached hydrogens (tertiary/aromatic N) is 1. The molecule has 5 rings (SSSR count). The molecule has 5 aliphatic rings. The number of fused-ring (bicyclic) bond motifs is 5. The van der Waals surface area contributed by atoms with E-state index < -0.39 is 0 Å². The Balaban J connectivity index is 1.37. The average molecular weight is 344 g/mol. The van der Waals surface area contributed by atoms with Crippen LogP contribution in [0.2, 0.25) is 0 Å². The lowest BCUT2D eigenvalue weighted by Crippen LogP contribution is -2.51. The molecule has 1 aliphatic heterocycles. The summed E-state index contributed by atoms with van der Waals surface area (Å²) in [6.45, 7) is 8.24. The van der Waals surface area contributed by atoms with Gasteiger partial charge in [-0.3, -0.25) is 0 Å². The van der Waals surface area contributed by atoms with Crippen molar-refractivity contribution >= 4 is 0 Å².